The average Bonchev–Trinajstić information content (AvgIpc) is 2.51. The topological polar surface area (TPSA) is 65.1 Å². The van der Waals surface area contributed by atoms with Gasteiger partial charge in [-0.1, -0.05) is 12.1 Å². The Morgan fingerprint density at radius 2 is 2.08 bits per heavy atom. The number of rotatable bonds is 3. The van der Waals surface area contributed by atoms with Crippen molar-refractivity contribution in [2.75, 3.05) is 24.7 Å². The fourth-order valence-corrected chi connectivity index (χ4v) is 2.29. The third-order valence-corrected chi connectivity index (χ3v) is 3.17. The lowest BCUT2D eigenvalue weighted by molar-refractivity contribution is -0.137. The van der Waals surface area contributed by atoms with Gasteiger partial charge in [0.2, 0.25) is 0 Å². The van der Waals surface area contributed by atoms with E-state index in [0.29, 0.717) is 36.8 Å². The SMILES string of the molecule is CCOC(=O)C=Cc1cccc2c1N(C(=O)OC(C)(C)C)CCO2. The molecule has 0 unspecified atom stereocenters. The van der Waals surface area contributed by atoms with Crippen LogP contribution in [-0.2, 0) is 14.3 Å². The van der Waals surface area contributed by atoms with E-state index in [1.165, 1.54) is 11.0 Å². The maximum atomic E-state index is 12.5. The summed E-state index contributed by atoms with van der Waals surface area (Å²) >= 11 is 0. The zero-order chi connectivity index (χ0) is 17.7. The zero-order valence-corrected chi connectivity index (χ0v) is 14.5. The van der Waals surface area contributed by atoms with Gasteiger partial charge in [-0.25, -0.2) is 9.59 Å². The molecule has 0 bridgehead atoms. The Hall–Kier alpha value is -2.50. The van der Waals surface area contributed by atoms with Crippen LogP contribution < -0.4 is 9.64 Å². The molecule has 130 valence electrons. The van der Waals surface area contributed by atoms with Crippen LogP contribution in [0.25, 0.3) is 6.08 Å². The number of hydrogen-bond acceptors (Lipinski definition) is 5. The van der Waals surface area contributed by atoms with Crippen LogP contribution in [0.3, 0.4) is 0 Å². The number of carbonyl (C=O) groups excluding carboxylic acids is 2. The standard InChI is InChI=1S/C18H23NO5/c1-5-22-15(20)10-9-13-7-6-8-14-16(13)19(11-12-23-14)17(21)24-18(2,3)4/h6-10H,5,11-12H2,1-4H3. The molecular weight excluding hydrogens is 310 g/mol. The molecule has 1 aliphatic rings. The molecule has 1 amide bonds. The zero-order valence-electron chi connectivity index (χ0n) is 14.5. The molecule has 0 N–H and O–H groups in total. The number of ether oxygens (including phenoxy) is 3. The first kappa shape index (κ1) is 17.8. The predicted octanol–water partition coefficient (Wildman–Crippen LogP) is 3.40. The van der Waals surface area contributed by atoms with Crippen molar-refractivity contribution in [3.05, 3.63) is 29.8 Å². The maximum absolute atomic E-state index is 12.5. The van der Waals surface area contributed by atoms with Crippen molar-refractivity contribution in [3.63, 3.8) is 0 Å². The molecule has 0 saturated carbocycles. The number of benzene rings is 1. The van der Waals surface area contributed by atoms with Crippen molar-refractivity contribution in [1.29, 1.82) is 0 Å². The molecule has 1 heterocycles. The minimum absolute atomic E-state index is 0.309. The fraction of sp³-hybridized carbons (Fsp3) is 0.444. The molecule has 6 nitrogen and oxygen atoms in total. The van der Waals surface area contributed by atoms with Gasteiger partial charge in [0, 0.05) is 11.6 Å². The number of carbonyl (C=O) groups is 2. The van der Waals surface area contributed by atoms with Crippen molar-refractivity contribution < 1.29 is 23.8 Å². The highest BCUT2D eigenvalue weighted by atomic mass is 16.6. The van der Waals surface area contributed by atoms with Crippen LogP contribution in [-0.4, -0.2) is 37.4 Å². The molecule has 24 heavy (non-hydrogen) atoms. The number of fused-ring (bicyclic) bond motifs is 1. The third kappa shape index (κ3) is 4.50. The van der Waals surface area contributed by atoms with Crippen LogP contribution in [0.1, 0.15) is 33.3 Å². The van der Waals surface area contributed by atoms with Crippen molar-refractivity contribution >= 4 is 23.8 Å². The average molecular weight is 333 g/mol. The monoisotopic (exact) mass is 333 g/mol. The summed E-state index contributed by atoms with van der Waals surface area (Å²) < 4.78 is 16.0. The van der Waals surface area contributed by atoms with Gasteiger partial charge in [0.05, 0.1) is 18.8 Å². The largest absolute Gasteiger partial charge is 0.490 e. The summed E-state index contributed by atoms with van der Waals surface area (Å²) in [5.41, 5.74) is 0.690. The van der Waals surface area contributed by atoms with Gasteiger partial charge in [-0.15, -0.1) is 0 Å². The molecule has 0 fully saturated rings. The van der Waals surface area contributed by atoms with Gasteiger partial charge >= 0.3 is 12.1 Å². The van der Waals surface area contributed by atoms with Crippen LogP contribution >= 0.6 is 0 Å². The maximum Gasteiger partial charge on any atom is 0.415 e. The van der Waals surface area contributed by atoms with Gasteiger partial charge in [-0.05, 0) is 39.8 Å². The third-order valence-electron chi connectivity index (χ3n) is 3.17. The molecular formula is C18H23NO5. The summed E-state index contributed by atoms with van der Waals surface area (Å²) in [6.45, 7) is 8.28. The quantitative estimate of drug-likeness (QED) is 0.626. The van der Waals surface area contributed by atoms with E-state index in [0.717, 1.165) is 0 Å². The highest BCUT2D eigenvalue weighted by Gasteiger charge is 2.29. The number of anilines is 1. The summed E-state index contributed by atoms with van der Waals surface area (Å²) in [6.07, 6.45) is 2.51. The van der Waals surface area contributed by atoms with Gasteiger partial charge in [0.15, 0.2) is 0 Å². The van der Waals surface area contributed by atoms with E-state index >= 15 is 0 Å². The molecule has 1 aromatic rings. The van der Waals surface area contributed by atoms with Crippen molar-refractivity contribution in [2.24, 2.45) is 0 Å². The lowest BCUT2D eigenvalue weighted by atomic mass is 10.1. The molecule has 1 aromatic carbocycles. The van der Waals surface area contributed by atoms with E-state index in [1.54, 1.807) is 25.1 Å². The van der Waals surface area contributed by atoms with E-state index in [4.69, 9.17) is 14.2 Å². The Bertz CT molecular complexity index is 645. The Morgan fingerprint density at radius 1 is 1.33 bits per heavy atom. The second-order valence-corrected chi connectivity index (χ2v) is 6.26. The van der Waals surface area contributed by atoms with E-state index in [2.05, 4.69) is 0 Å². The summed E-state index contributed by atoms with van der Waals surface area (Å²) in [7, 11) is 0. The number of amides is 1. The Labute approximate surface area is 142 Å². The lowest BCUT2D eigenvalue weighted by Crippen LogP contribution is -2.41. The first-order valence-corrected chi connectivity index (χ1v) is 7.93. The number of hydrogen-bond donors (Lipinski definition) is 0. The normalized spacial score (nSPS) is 14.1. The predicted molar refractivity (Wildman–Crippen MR) is 91.2 cm³/mol. The molecule has 0 atom stereocenters. The van der Waals surface area contributed by atoms with Crippen molar-refractivity contribution in [2.45, 2.75) is 33.3 Å². The molecule has 0 aliphatic carbocycles. The highest BCUT2D eigenvalue weighted by Crippen LogP contribution is 2.36. The van der Waals surface area contributed by atoms with Gasteiger partial charge in [-0.2, -0.15) is 0 Å². The van der Waals surface area contributed by atoms with E-state index in [1.807, 2.05) is 26.8 Å². The van der Waals surface area contributed by atoms with Crippen molar-refractivity contribution in [1.82, 2.24) is 0 Å². The number of esters is 1. The van der Waals surface area contributed by atoms with Crippen LogP contribution in [0.2, 0.25) is 0 Å². The summed E-state index contributed by atoms with van der Waals surface area (Å²) in [5.74, 6) is 0.147. The Balaban J connectivity index is 2.33. The minimum atomic E-state index is -0.592. The molecule has 2 rings (SSSR count). The fourth-order valence-electron chi connectivity index (χ4n) is 2.29. The summed E-state index contributed by atoms with van der Waals surface area (Å²) in [4.78, 5) is 25.6. The van der Waals surface area contributed by atoms with Crippen LogP contribution in [0.4, 0.5) is 10.5 Å². The molecule has 0 spiro atoms. The van der Waals surface area contributed by atoms with Gasteiger partial charge in [0.1, 0.15) is 18.0 Å². The first-order valence-electron chi connectivity index (χ1n) is 7.93. The highest BCUT2D eigenvalue weighted by molar-refractivity contribution is 5.95. The van der Waals surface area contributed by atoms with Gasteiger partial charge in [-0.3, -0.25) is 4.90 Å². The van der Waals surface area contributed by atoms with E-state index < -0.39 is 17.7 Å². The second-order valence-electron chi connectivity index (χ2n) is 6.26. The smallest absolute Gasteiger partial charge is 0.415 e. The second kappa shape index (κ2) is 7.38. The van der Waals surface area contributed by atoms with Crippen molar-refractivity contribution in [3.8, 4) is 5.75 Å². The Morgan fingerprint density at radius 3 is 2.75 bits per heavy atom. The van der Waals surface area contributed by atoms with E-state index in [9.17, 15) is 9.59 Å². The first-order chi connectivity index (χ1) is 11.3. The summed E-state index contributed by atoms with van der Waals surface area (Å²) in [6, 6.07) is 5.40. The molecule has 6 heteroatoms. The molecule has 1 aliphatic heterocycles. The molecule has 0 radical (unpaired) electrons. The van der Waals surface area contributed by atoms with E-state index in [-0.39, 0.29) is 0 Å². The van der Waals surface area contributed by atoms with Gasteiger partial charge < -0.3 is 14.2 Å². The van der Waals surface area contributed by atoms with Crippen LogP contribution in [0, 0.1) is 0 Å². The number of para-hydroxylation sites is 1. The number of nitrogens with zero attached hydrogens (tertiary/aromatic N) is 1. The van der Waals surface area contributed by atoms with Gasteiger partial charge in [0.25, 0.3) is 0 Å². The Kier molecular flexibility index (Phi) is 5.49. The van der Waals surface area contributed by atoms with Crippen LogP contribution in [0.5, 0.6) is 5.75 Å². The van der Waals surface area contributed by atoms with Crippen LogP contribution in [0.15, 0.2) is 24.3 Å². The summed E-state index contributed by atoms with van der Waals surface area (Å²) in [5, 5.41) is 0. The molecule has 0 aromatic heterocycles. The minimum Gasteiger partial charge on any atom is -0.490 e. The lowest BCUT2D eigenvalue weighted by Gasteiger charge is -2.32. The molecule has 0 saturated heterocycles.